The summed E-state index contributed by atoms with van der Waals surface area (Å²) in [7, 11) is 0. The van der Waals surface area contributed by atoms with E-state index < -0.39 is 0 Å². The Balaban J connectivity index is 3.77. The van der Waals surface area contributed by atoms with Gasteiger partial charge >= 0.3 is 0 Å². The van der Waals surface area contributed by atoms with Gasteiger partial charge in [0.25, 0.3) is 0 Å². The van der Waals surface area contributed by atoms with E-state index in [4.69, 9.17) is 5.84 Å². The second kappa shape index (κ2) is 10.1. The summed E-state index contributed by atoms with van der Waals surface area (Å²) in [5, 5.41) is 2.87. The Morgan fingerprint density at radius 1 is 1.18 bits per heavy atom. The lowest BCUT2D eigenvalue weighted by Crippen LogP contribution is -2.33. The Labute approximate surface area is 103 Å². The second-order valence-electron chi connectivity index (χ2n) is 4.24. The van der Waals surface area contributed by atoms with E-state index in [0.29, 0.717) is 19.4 Å². The van der Waals surface area contributed by atoms with Crippen molar-refractivity contribution in [1.29, 1.82) is 0 Å². The van der Waals surface area contributed by atoms with E-state index in [1.165, 1.54) is 0 Å². The third kappa shape index (κ3) is 7.74. The molecule has 0 saturated heterocycles. The first-order chi connectivity index (χ1) is 8.15. The second-order valence-corrected chi connectivity index (χ2v) is 4.24. The fourth-order valence-electron chi connectivity index (χ4n) is 1.78. The normalized spacial score (nSPS) is 10.4. The van der Waals surface area contributed by atoms with E-state index in [1.54, 1.807) is 0 Å². The molecule has 2 amide bonds. The molecule has 5 heteroatoms. The van der Waals surface area contributed by atoms with Crippen molar-refractivity contribution in [2.45, 2.75) is 52.4 Å². The van der Waals surface area contributed by atoms with Crippen LogP contribution in [0.1, 0.15) is 52.4 Å². The first kappa shape index (κ1) is 15.9. The largest absolute Gasteiger partial charge is 0.356 e. The first-order valence-corrected chi connectivity index (χ1v) is 6.42. The van der Waals surface area contributed by atoms with Gasteiger partial charge in [-0.3, -0.25) is 15.0 Å². The molecule has 100 valence electrons. The summed E-state index contributed by atoms with van der Waals surface area (Å²) in [6.07, 6.45) is 4.88. The lowest BCUT2D eigenvalue weighted by Gasteiger charge is -2.14. The Morgan fingerprint density at radius 2 is 1.76 bits per heavy atom. The SMILES string of the molecule is CCCC(CCC)C(=O)NCCCC(=O)NN. The van der Waals surface area contributed by atoms with E-state index >= 15 is 0 Å². The number of rotatable bonds is 9. The van der Waals surface area contributed by atoms with Crippen LogP contribution >= 0.6 is 0 Å². The van der Waals surface area contributed by atoms with Crippen LogP contribution in [0.5, 0.6) is 0 Å². The number of hydrogen-bond acceptors (Lipinski definition) is 3. The van der Waals surface area contributed by atoms with Gasteiger partial charge in [-0.25, -0.2) is 5.84 Å². The predicted molar refractivity (Wildman–Crippen MR) is 67.9 cm³/mol. The van der Waals surface area contributed by atoms with E-state index in [9.17, 15) is 9.59 Å². The summed E-state index contributed by atoms with van der Waals surface area (Å²) in [5.74, 6) is 4.99. The average molecular weight is 243 g/mol. The molecule has 0 aliphatic rings. The van der Waals surface area contributed by atoms with E-state index in [0.717, 1.165) is 25.7 Å². The molecule has 5 nitrogen and oxygen atoms in total. The van der Waals surface area contributed by atoms with E-state index in [1.807, 2.05) is 0 Å². The fraction of sp³-hybridized carbons (Fsp3) is 0.833. The summed E-state index contributed by atoms with van der Waals surface area (Å²) in [6, 6.07) is 0. The molecule has 0 aromatic rings. The zero-order valence-electron chi connectivity index (χ0n) is 10.9. The van der Waals surface area contributed by atoms with E-state index in [2.05, 4.69) is 24.6 Å². The first-order valence-electron chi connectivity index (χ1n) is 6.42. The minimum Gasteiger partial charge on any atom is -0.356 e. The predicted octanol–water partition coefficient (Wildman–Crippen LogP) is 1.09. The lowest BCUT2D eigenvalue weighted by molar-refractivity contribution is -0.126. The standard InChI is InChI=1S/C12H25N3O2/c1-3-6-10(7-4-2)12(17)14-9-5-8-11(16)15-13/h10H,3-9,13H2,1-2H3,(H,14,17)(H,15,16). The maximum Gasteiger partial charge on any atom is 0.233 e. The third-order valence-electron chi connectivity index (χ3n) is 2.69. The Morgan fingerprint density at radius 3 is 2.24 bits per heavy atom. The van der Waals surface area contributed by atoms with Crippen LogP contribution in [0.25, 0.3) is 0 Å². The highest BCUT2D eigenvalue weighted by molar-refractivity contribution is 5.78. The zero-order chi connectivity index (χ0) is 13.1. The van der Waals surface area contributed by atoms with Crippen molar-refractivity contribution in [2.24, 2.45) is 11.8 Å². The van der Waals surface area contributed by atoms with Crippen LogP contribution in [0.15, 0.2) is 0 Å². The molecule has 0 rings (SSSR count). The number of carbonyl (C=O) groups is 2. The number of nitrogens with one attached hydrogen (secondary N) is 2. The van der Waals surface area contributed by atoms with Gasteiger partial charge in [-0.15, -0.1) is 0 Å². The topological polar surface area (TPSA) is 84.2 Å². The minimum absolute atomic E-state index is 0.113. The highest BCUT2D eigenvalue weighted by Crippen LogP contribution is 2.13. The molecule has 4 N–H and O–H groups in total. The van der Waals surface area contributed by atoms with Gasteiger partial charge in [0.1, 0.15) is 0 Å². The van der Waals surface area contributed by atoms with Gasteiger partial charge in [-0.1, -0.05) is 26.7 Å². The van der Waals surface area contributed by atoms with Gasteiger partial charge in [0.2, 0.25) is 11.8 Å². The molecule has 0 spiro atoms. The third-order valence-corrected chi connectivity index (χ3v) is 2.69. The number of nitrogens with two attached hydrogens (primary N) is 1. The lowest BCUT2D eigenvalue weighted by atomic mass is 9.97. The summed E-state index contributed by atoms with van der Waals surface area (Å²) in [6.45, 7) is 4.71. The molecular formula is C12H25N3O2. The molecule has 0 fully saturated rings. The van der Waals surface area contributed by atoms with Crippen molar-refractivity contribution >= 4 is 11.8 Å². The average Bonchev–Trinajstić information content (AvgIpc) is 2.33. The van der Waals surface area contributed by atoms with Crippen molar-refractivity contribution in [3.63, 3.8) is 0 Å². The molecule has 17 heavy (non-hydrogen) atoms. The maximum absolute atomic E-state index is 11.8. The van der Waals surface area contributed by atoms with Gasteiger partial charge < -0.3 is 5.32 Å². The van der Waals surface area contributed by atoms with Gasteiger partial charge in [0, 0.05) is 18.9 Å². The summed E-state index contributed by atoms with van der Waals surface area (Å²) in [4.78, 5) is 22.6. The van der Waals surface area contributed by atoms with Crippen LogP contribution in [-0.4, -0.2) is 18.4 Å². The van der Waals surface area contributed by atoms with Crippen LogP contribution < -0.4 is 16.6 Å². The number of carbonyl (C=O) groups excluding carboxylic acids is 2. The van der Waals surface area contributed by atoms with Crippen LogP contribution in [0, 0.1) is 5.92 Å². The van der Waals surface area contributed by atoms with E-state index in [-0.39, 0.29) is 17.7 Å². The molecule has 0 atom stereocenters. The number of hydrogen-bond donors (Lipinski definition) is 3. The molecule has 0 aliphatic carbocycles. The van der Waals surface area contributed by atoms with Crippen molar-refractivity contribution in [3.05, 3.63) is 0 Å². The molecule has 0 aliphatic heterocycles. The molecule has 0 saturated carbocycles. The van der Waals surface area contributed by atoms with Crippen molar-refractivity contribution in [3.8, 4) is 0 Å². The summed E-state index contributed by atoms with van der Waals surface area (Å²) in [5.41, 5.74) is 2.06. The van der Waals surface area contributed by atoms with Gasteiger partial charge in [0.05, 0.1) is 0 Å². The molecule has 0 aromatic carbocycles. The summed E-state index contributed by atoms with van der Waals surface area (Å²) < 4.78 is 0. The molecule has 0 heterocycles. The van der Waals surface area contributed by atoms with Crippen LogP contribution in [-0.2, 0) is 9.59 Å². The molecular weight excluding hydrogens is 218 g/mol. The molecule has 0 unspecified atom stereocenters. The number of amides is 2. The maximum atomic E-state index is 11.8. The monoisotopic (exact) mass is 243 g/mol. The molecule has 0 bridgehead atoms. The quantitative estimate of drug-likeness (QED) is 0.245. The van der Waals surface area contributed by atoms with Gasteiger partial charge in [0.15, 0.2) is 0 Å². The molecule has 0 radical (unpaired) electrons. The molecule has 0 aromatic heterocycles. The zero-order valence-corrected chi connectivity index (χ0v) is 10.9. The Hall–Kier alpha value is -1.10. The number of hydrazine groups is 1. The van der Waals surface area contributed by atoms with Crippen LogP contribution in [0.2, 0.25) is 0 Å². The van der Waals surface area contributed by atoms with Crippen LogP contribution in [0.4, 0.5) is 0 Å². The van der Waals surface area contributed by atoms with Gasteiger partial charge in [-0.2, -0.15) is 0 Å². The highest BCUT2D eigenvalue weighted by atomic mass is 16.2. The Bertz CT molecular complexity index is 226. The fourth-order valence-corrected chi connectivity index (χ4v) is 1.78. The van der Waals surface area contributed by atoms with Crippen LogP contribution in [0.3, 0.4) is 0 Å². The van der Waals surface area contributed by atoms with Gasteiger partial charge in [-0.05, 0) is 19.3 Å². The summed E-state index contributed by atoms with van der Waals surface area (Å²) >= 11 is 0. The smallest absolute Gasteiger partial charge is 0.233 e. The van der Waals surface area contributed by atoms with Crippen molar-refractivity contribution in [1.82, 2.24) is 10.7 Å². The van der Waals surface area contributed by atoms with Crippen molar-refractivity contribution < 1.29 is 9.59 Å². The van der Waals surface area contributed by atoms with Crippen molar-refractivity contribution in [2.75, 3.05) is 6.54 Å². The Kier molecular flexibility index (Phi) is 9.43. The highest BCUT2D eigenvalue weighted by Gasteiger charge is 2.15. The minimum atomic E-state index is -0.196.